The molecule has 2 heterocycles. The van der Waals surface area contributed by atoms with Gasteiger partial charge in [-0.05, 0) is 37.8 Å². The summed E-state index contributed by atoms with van der Waals surface area (Å²) in [7, 11) is -1.43. The Labute approximate surface area is 191 Å². The maximum Gasteiger partial charge on any atom is 0.183 e. The highest BCUT2D eigenvalue weighted by Gasteiger charge is 2.25. The van der Waals surface area contributed by atoms with Crippen LogP contribution < -0.4 is 0 Å². The van der Waals surface area contributed by atoms with Crippen LogP contribution in [0.2, 0.25) is 19.6 Å². The van der Waals surface area contributed by atoms with Crippen LogP contribution in [0.15, 0.2) is 63.3 Å². The highest BCUT2D eigenvalue weighted by atomic mass is 32.2. The van der Waals surface area contributed by atoms with Crippen LogP contribution in [0.25, 0.3) is 0 Å². The van der Waals surface area contributed by atoms with Gasteiger partial charge in [-0.2, -0.15) is 0 Å². The molecule has 0 amide bonds. The Morgan fingerprint density at radius 3 is 2.35 bits per heavy atom. The second-order valence-electron chi connectivity index (χ2n) is 8.90. The van der Waals surface area contributed by atoms with E-state index in [1.165, 1.54) is 15.4 Å². The number of benzene rings is 2. The molecule has 2 aromatic carbocycles. The molecule has 166 valence electrons. The largest absolute Gasteiger partial charge is 0.415 e. The van der Waals surface area contributed by atoms with Crippen molar-refractivity contribution in [2.24, 2.45) is 4.99 Å². The van der Waals surface area contributed by atoms with Crippen LogP contribution in [0.1, 0.15) is 5.56 Å². The minimum Gasteiger partial charge on any atom is -0.415 e. The van der Waals surface area contributed by atoms with Gasteiger partial charge < -0.3 is 14.1 Å². The monoisotopic (exact) mass is 455 g/mol. The summed E-state index contributed by atoms with van der Waals surface area (Å²) in [4.78, 5) is 12.5. The van der Waals surface area contributed by atoms with E-state index < -0.39 is 8.32 Å². The van der Waals surface area contributed by atoms with Crippen molar-refractivity contribution in [3.8, 4) is 0 Å². The lowest BCUT2D eigenvalue weighted by atomic mass is 10.1. The average molecular weight is 456 g/mol. The van der Waals surface area contributed by atoms with E-state index in [9.17, 15) is 0 Å². The van der Waals surface area contributed by atoms with Crippen molar-refractivity contribution in [3.05, 3.63) is 54.1 Å². The van der Waals surface area contributed by atoms with Gasteiger partial charge in [-0.25, -0.2) is 4.99 Å². The minimum absolute atomic E-state index is 0.689. The highest BCUT2D eigenvalue weighted by Crippen LogP contribution is 2.40. The summed E-state index contributed by atoms with van der Waals surface area (Å²) in [5, 5.41) is 0. The Hall–Kier alpha value is -1.64. The number of hydrogen-bond donors (Lipinski definition) is 0. The second kappa shape index (κ2) is 10.3. The van der Waals surface area contributed by atoms with Gasteiger partial charge in [-0.15, -0.1) is 0 Å². The standard InChI is InChI=1S/C24H33N3O2SSi/c1-31(2,3)29-19-18-28-17-16-26-12-14-27(15-13-26)24-20-8-4-6-10-22(20)30-23-11-7-5-9-21(23)25-24/h4-11H,12-19H2,1-3H3. The van der Waals surface area contributed by atoms with Gasteiger partial charge in [0.2, 0.25) is 0 Å². The van der Waals surface area contributed by atoms with E-state index in [1.54, 1.807) is 0 Å². The summed E-state index contributed by atoms with van der Waals surface area (Å²) in [5.41, 5.74) is 2.30. The van der Waals surface area contributed by atoms with E-state index in [4.69, 9.17) is 14.2 Å². The van der Waals surface area contributed by atoms with Gasteiger partial charge in [0.15, 0.2) is 8.32 Å². The third-order valence-corrected chi connectivity index (χ3v) is 7.64. The van der Waals surface area contributed by atoms with Gasteiger partial charge in [0.25, 0.3) is 0 Å². The van der Waals surface area contributed by atoms with Gasteiger partial charge in [0.1, 0.15) is 5.84 Å². The van der Waals surface area contributed by atoms with Crippen molar-refractivity contribution in [2.75, 3.05) is 52.5 Å². The normalized spacial score (nSPS) is 17.0. The van der Waals surface area contributed by atoms with E-state index in [2.05, 4.69) is 78.0 Å². The zero-order valence-corrected chi connectivity index (χ0v) is 20.7. The van der Waals surface area contributed by atoms with Gasteiger partial charge in [-0.3, -0.25) is 4.90 Å². The van der Waals surface area contributed by atoms with E-state index in [-0.39, 0.29) is 0 Å². The summed E-state index contributed by atoms with van der Waals surface area (Å²) in [5.74, 6) is 1.10. The molecule has 0 aromatic heterocycles. The lowest BCUT2D eigenvalue weighted by Crippen LogP contribution is -2.49. The van der Waals surface area contributed by atoms with Crippen molar-refractivity contribution in [1.82, 2.24) is 9.80 Å². The third kappa shape index (κ3) is 6.20. The zero-order valence-electron chi connectivity index (χ0n) is 18.8. The average Bonchev–Trinajstić information content (AvgIpc) is 2.92. The Morgan fingerprint density at radius 1 is 0.871 bits per heavy atom. The van der Waals surface area contributed by atoms with Crippen LogP contribution in [-0.2, 0) is 9.16 Å². The number of aliphatic imine (C=N–C) groups is 1. The first-order valence-electron chi connectivity index (χ1n) is 11.1. The lowest BCUT2D eigenvalue weighted by Gasteiger charge is -2.36. The molecule has 0 radical (unpaired) electrons. The number of rotatable bonds is 7. The van der Waals surface area contributed by atoms with E-state index in [1.807, 2.05) is 11.8 Å². The molecule has 1 fully saturated rings. The molecule has 0 unspecified atom stereocenters. The van der Waals surface area contributed by atoms with E-state index >= 15 is 0 Å². The summed E-state index contributed by atoms with van der Waals surface area (Å²) in [6.45, 7) is 13.8. The van der Waals surface area contributed by atoms with Crippen LogP contribution >= 0.6 is 11.8 Å². The molecule has 2 aliphatic rings. The fraction of sp³-hybridized carbons (Fsp3) is 0.458. The number of piperazine rings is 1. The van der Waals surface area contributed by atoms with Gasteiger partial charge in [0, 0.05) is 48.1 Å². The Balaban J connectivity index is 1.33. The molecular formula is C24H33N3O2SSi. The molecule has 0 bridgehead atoms. The zero-order chi connectivity index (χ0) is 21.7. The number of ether oxygens (including phenoxy) is 1. The number of para-hydroxylation sites is 1. The first-order chi connectivity index (χ1) is 15.0. The molecule has 2 aliphatic heterocycles. The molecule has 0 atom stereocenters. The third-order valence-electron chi connectivity index (χ3n) is 5.43. The summed E-state index contributed by atoms with van der Waals surface area (Å²) >= 11 is 1.81. The SMILES string of the molecule is C[Si](C)(C)OCCOCCN1CCN(C2=Nc3ccccc3Sc3ccccc32)CC1. The molecule has 31 heavy (non-hydrogen) atoms. The molecule has 5 nitrogen and oxygen atoms in total. The van der Waals surface area contributed by atoms with Crippen molar-refractivity contribution in [2.45, 2.75) is 29.4 Å². The maximum atomic E-state index is 5.85. The number of hydrogen-bond acceptors (Lipinski definition) is 6. The first kappa shape index (κ1) is 22.5. The van der Waals surface area contributed by atoms with Gasteiger partial charge in [-0.1, -0.05) is 42.1 Å². The molecule has 2 aromatic rings. The van der Waals surface area contributed by atoms with Gasteiger partial charge in [0.05, 0.1) is 25.5 Å². The van der Waals surface area contributed by atoms with Crippen molar-refractivity contribution in [3.63, 3.8) is 0 Å². The quantitative estimate of drug-likeness (QED) is 0.446. The van der Waals surface area contributed by atoms with Crippen LogP contribution in [0.5, 0.6) is 0 Å². The summed E-state index contributed by atoms with van der Waals surface area (Å²) in [6, 6.07) is 17.1. The van der Waals surface area contributed by atoms with E-state index in [0.29, 0.717) is 13.2 Å². The Morgan fingerprint density at radius 2 is 1.58 bits per heavy atom. The fourth-order valence-electron chi connectivity index (χ4n) is 3.80. The highest BCUT2D eigenvalue weighted by molar-refractivity contribution is 7.99. The molecule has 0 aliphatic carbocycles. The first-order valence-corrected chi connectivity index (χ1v) is 15.4. The molecular weight excluding hydrogens is 422 g/mol. The fourth-order valence-corrected chi connectivity index (χ4v) is 5.51. The smallest absolute Gasteiger partial charge is 0.183 e. The van der Waals surface area contributed by atoms with Crippen molar-refractivity contribution >= 4 is 31.6 Å². The number of nitrogens with zero attached hydrogens (tertiary/aromatic N) is 3. The lowest BCUT2D eigenvalue weighted by molar-refractivity contribution is 0.0688. The second-order valence-corrected chi connectivity index (χ2v) is 14.5. The van der Waals surface area contributed by atoms with Crippen molar-refractivity contribution in [1.29, 1.82) is 0 Å². The van der Waals surface area contributed by atoms with Gasteiger partial charge >= 0.3 is 0 Å². The van der Waals surface area contributed by atoms with Crippen molar-refractivity contribution < 1.29 is 9.16 Å². The Bertz CT molecular complexity index is 908. The summed E-state index contributed by atoms with van der Waals surface area (Å²) < 4.78 is 11.6. The van der Waals surface area contributed by atoms with Crippen LogP contribution in [0, 0.1) is 0 Å². The van der Waals surface area contributed by atoms with Crippen LogP contribution in [-0.4, -0.2) is 76.5 Å². The minimum atomic E-state index is -1.43. The molecule has 0 saturated carbocycles. The topological polar surface area (TPSA) is 37.3 Å². The maximum absolute atomic E-state index is 5.85. The molecule has 4 rings (SSSR count). The predicted octanol–water partition coefficient (Wildman–Crippen LogP) is 4.72. The molecule has 7 heteroatoms. The van der Waals surface area contributed by atoms with Crippen LogP contribution in [0.4, 0.5) is 5.69 Å². The number of amidine groups is 1. The molecule has 1 saturated heterocycles. The predicted molar refractivity (Wildman–Crippen MR) is 131 cm³/mol. The Kier molecular flexibility index (Phi) is 7.50. The number of fused-ring (bicyclic) bond motifs is 2. The van der Waals surface area contributed by atoms with Crippen LogP contribution in [0.3, 0.4) is 0 Å². The van der Waals surface area contributed by atoms with E-state index in [0.717, 1.165) is 50.9 Å². The molecule has 0 N–H and O–H groups in total. The summed E-state index contributed by atoms with van der Waals surface area (Å²) in [6.07, 6.45) is 0. The molecule has 0 spiro atoms.